The molecule has 0 aliphatic carbocycles. The Labute approximate surface area is 127 Å². The largest absolute Gasteiger partial charge is 0.438 e. The minimum Gasteiger partial charge on any atom is -0.438 e. The van der Waals surface area contributed by atoms with E-state index >= 15 is 0 Å². The number of aromatic nitrogens is 1. The van der Waals surface area contributed by atoms with Crippen molar-refractivity contribution in [3.05, 3.63) is 50.3 Å². The number of halogens is 4. The predicted molar refractivity (Wildman–Crippen MR) is 76.3 cm³/mol. The Morgan fingerprint density at radius 2 is 2.00 bits per heavy atom. The molecule has 19 heavy (non-hydrogen) atoms. The summed E-state index contributed by atoms with van der Waals surface area (Å²) in [5, 5.41) is 0.460. The summed E-state index contributed by atoms with van der Waals surface area (Å²) in [6, 6.07) is 5.77. The number of pyridine rings is 1. The number of hydrogen-bond acceptors (Lipinski definition) is 3. The molecule has 2 rings (SSSR count). The topological polar surface area (TPSA) is 48.1 Å². The van der Waals surface area contributed by atoms with Gasteiger partial charge in [-0.15, -0.1) is 0 Å². The fourth-order valence-electron chi connectivity index (χ4n) is 1.36. The average Bonchev–Trinajstić information content (AvgIpc) is 2.38. The highest BCUT2D eigenvalue weighted by Gasteiger charge is 2.10. The molecule has 1 aromatic heterocycles. The Morgan fingerprint density at radius 3 is 2.68 bits per heavy atom. The van der Waals surface area contributed by atoms with E-state index in [1.54, 1.807) is 12.1 Å². The number of ether oxygens (including phenoxy) is 1. The molecular formula is C12H8BrCl2FN2O. The van der Waals surface area contributed by atoms with Crippen molar-refractivity contribution in [2.75, 3.05) is 0 Å². The molecule has 1 heterocycles. The third-order valence-electron chi connectivity index (χ3n) is 2.28. The lowest BCUT2D eigenvalue weighted by Crippen LogP contribution is -2.01. The van der Waals surface area contributed by atoms with Gasteiger partial charge in [-0.1, -0.05) is 23.2 Å². The summed E-state index contributed by atoms with van der Waals surface area (Å²) >= 11 is 14.8. The third kappa shape index (κ3) is 3.36. The number of benzene rings is 1. The van der Waals surface area contributed by atoms with E-state index in [4.69, 9.17) is 33.7 Å². The van der Waals surface area contributed by atoms with Crippen LogP contribution in [0.15, 0.2) is 28.7 Å². The van der Waals surface area contributed by atoms with Gasteiger partial charge in [0.25, 0.3) is 0 Å². The average molecular weight is 366 g/mol. The molecule has 0 unspecified atom stereocenters. The zero-order valence-corrected chi connectivity index (χ0v) is 12.6. The van der Waals surface area contributed by atoms with Crippen molar-refractivity contribution in [3.8, 4) is 11.6 Å². The second-order valence-electron chi connectivity index (χ2n) is 3.58. The van der Waals surface area contributed by atoms with E-state index in [1.807, 2.05) is 0 Å². The highest BCUT2D eigenvalue weighted by Crippen LogP contribution is 2.33. The molecule has 0 atom stereocenters. The van der Waals surface area contributed by atoms with Gasteiger partial charge in [-0.05, 0) is 28.1 Å². The van der Waals surface area contributed by atoms with Crippen LogP contribution in [0.1, 0.15) is 5.69 Å². The van der Waals surface area contributed by atoms with Crippen molar-refractivity contribution in [1.82, 2.24) is 4.98 Å². The second kappa shape index (κ2) is 6.05. The summed E-state index contributed by atoms with van der Waals surface area (Å²) < 4.78 is 19.4. The Bertz CT molecular complexity index is 625. The van der Waals surface area contributed by atoms with Crippen LogP contribution in [0.4, 0.5) is 4.39 Å². The normalized spacial score (nSPS) is 10.6. The first-order valence-electron chi connectivity index (χ1n) is 5.19. The Kier molecular flexibility index (Phi) is 4.62. The monoisotopic (exact) mass is 364 g/mol. The summed E-state index contributed by atoms with van der Waals surface area (Å²) in [6.45, 7) is 0.187. The van der Waals surface area contributed by atoms with E-state index in [2.05, 4.69) is 20.9 Å². The third-order valence-corrected chi connectivity index (χ3v) is 3.53. The maximum Gasteiger partial charge on any atom is 0.219 e. The lowest BCUT2D eigenvalue weighted by Gasteiger charge is -2.09. The second-order valence-corrected chi connectivity index (χ2v) is 5.25. The zero-order valence-electron chi connectivity index (χ0n) is 9.46. The summed E-state index contributed by atoms with van der Waals surface area (Å²) in [5.74, 6) is -0.0418. The molecule has 100 valence electrons. The van der Waals surface area contributed by atoms with Crippen molar-refractivity contribution in [3.63, 3.8) is 0 Å². The Morgan fingerprint density at radius 1 is 1.26 bits per heavy atom. The van der Waals surface area contributed by atoms with Crippen molar-refractivity contribution < 1.29 is 9.13 Å². The fourth-order valence-corrected chi connectivity index (χ4v) is 2.26. The van der Waals surface area contributed by atoms with Gasteiger partial charge in [0.15, 0.2) is 0 Å². The van der Waals surface area contributed by atoms with E-state index in [9.17, 15) is 4.39 Å². The summed E-state index contributed by atoms with van der Waals surface area (Å²) in [5.41, 5.74) is 6.00. The molecule has 3 nitrogen and oxygen atoms in total. The van der Waals surface area contributed by atoms with Crippen LogP contribution >= 0.6 is 39.1 Å². The molecule has 1 aromatic carbocycles. The van der Waals surface area contributed by atoms with E-state index in [0.717, 1.165) is 0 Å². The highest BCUT2D eigenvalue weighted by atomic mass is 79.9. The summed E-state index contributed by atoms with van der Waals surface area (Å²) in [4.78, 5) is 4.12. The number of nitrogens with two attached hydrogens (primary N) is 1. The lowest BCUT2D eigenvalue weighted by atomic mass is 10.3. The van der Waals surface area contributed by atoms with Gasteiger partial charge in [-0.25, -0.2) is 9.37 Å². The fraction of sp³-hybridized carbons (Fsp3) is 0.0833. The van der Waals surface area contributed by atoms with Crippen LogP contribution in [0, 0.1) is 5.82 Å². The van der Waals surface area contributed by atoms with Crippen molar-refractivity contribution in [2.24, 2.45) is 5.73 Å². The smallest absolute Gasteiger partial charge is 0.219 e. The summed E-state index contributed by atoms with van der Waals surface area (Å²) in [7, 11) is 0. The maximum absolute atomic E-state index is 13.4. The van der Waals surface area contributed by atoms with Crippen molar-refractivity contribution in [2.45, 2.75) is 6.54 Å². The molecule has 0 bridgehead atoms. The molecule has 0 fully saturated rings. The van der Waals surface area contributed by atoms with Gasteiger partial charge in [0.2, 0.25) is 5.88 Å². The van der Waals surface area contributed by atoms with Crippen LogP contribution in [-0.4, -0.2) is 4.98 Å². The van der Waals surface area contributed by atoms with Gasteiger partial charge < -0.3 is 10.5 Å². The van der Waals surface area contributed by atoms with E-state index in [0.29, 0.717) is 15.2 Å². The van der Waals surface area contributed by atoms with E-state index < -0.39 is 5.82 Å². The molecule has 7 heteroatoms. The van der Waals surface area contributed by atoms with Gasteiger partial charge in [0.1, 0.15) is 11.6 Å². The van der Waals surface area contributed by atoms with Crippen molar-refractivity contribution >= 4 is 39.1 Å². The molecule has 0 aliphatic heterocycles. The maximum atomic E-state index is 13.4. The number of rotatable bonds is 3. The Hall–Kier alpha value is -0.880. The molecule has 0 aliphatic rings. The SMILES string of the molecule is NCc1nc(Oc2cc(F)c(Cl)cc2Br)ccc1Cl. The molecule has 0 amide bonds. The van der Waals surface area contributed by atoms with Crippen LogP contribution in [0.2, 0.25) is 10.0 Å². The standard InChI is InChI=1S/C12H8BrCl2FN2O/c13-6-3-8(15)9(16)4-11(6)19-12-2-1-7(14)10(5-17)18-12/h1-4H,5,17H2. The van der Waals surface area contributed by atoms with Crippen molar-refractivity contribution in [1.29, 1.82) is 0 Å². The Balaban J connectivity index is 2.33. The minimum atomic E-state index is -0.576. The van der Waals surface area contributed by atoms with E-state index in [-0.39, 0.29) is 23.2 Å². The lowest BCUT2D eigenvalue weighted by molar-refractivity contribution is 0.453. The van der Waals surface area contributed by atoms with Gasteiger partial charge in [0.05, 0.1) is 20.2 Å². The minimum absolute atomic E-state index is 0.00550. The molecule has 0 saturated heterocycles. The summed E-state index contributed by atoms with van der Waals surface area (Å²) in [6.07, 6.45) is 0. The van der Waals surface area contributed by atoms with Crippen LogP contribution in [0.5, 0.6) is 11.6 Å². The van der Waals surface area contributed by atoms with Gasteiger partial charge in [-0.2, -0.15) is 0 Å². The predicted octanol–water partition coefficient (Wildman–Crippen LogP) is 4.54. The van der Waals surface area contributed by atoms with Crippen LogP contribution in [0.25, 0.3) is 0 Å². The first kappa shape index (κ1) is 14.5. The highest BCUT2D eigenvalue weighted by molar-refractivity contribution is 9.10. The molecule has 0 saturated carbocycles. The molecule has 2 aromatic rings. The van der Waals surface area contributed by atoms with Gasteiger partial charge in [-0.3, -0.25) is 0 Å². The first-order chi connectivity index (χ1) is 9.01. The van der Waals surface area contributed by atoms with Crippen LogP contribution < -0.4 is 10.5 Å². The van der Waals surface area contributed by atoms with Gasteiger partial charge in [0, 0.05) is 18.7 Å². The van der Waals surface area contributed by atoms with Crippen LogP contribution in [-0.2, 0) is 6.54 Å². The first-order valence-corrected chi connectivity index (χ1v) is 6.74. The molecule has 0 spiro atoms. The molecular weight excluding hydrogens is 358 g/mol. The molecule has 0 radical (unpaired) electrons. The van der Waals surface area contributed by atoms with Gasteiger partial charge >= 0.3 is 0 Å². The number of hydrogen-bond donors (Lipinski definition) is 1. The van der Waals surface area contributed by atoms with Crippen LogP contribution in [0.3, 0.4) is 0 Å². The molecule has 2 N–H and O–H groups in total. The quantitative estimate of drug-likeness (QED) is 0.812. The zero-order chi connectivity index (χ0) is 14.0. The number of nitrogens with zero attached hydrogens (tertiary/aromatic N) is 1. The van der Waals surface area contributed by atoms with E-state index in [1.165, 1.54) is 12.1 Å².